The maximum Gasteiger partial charge on any atom is 0.232 e. The summed E-state index contributed by atoms with van der Waals surface area (Å²) in [6.07, 6.45) is 11.0. The highest BCUT2D eigenvalue weighted by molar-refractivity contribution is 8.00. The van der Waals surface area contributed by atoms with Gasteiger partial charge in [-0.25, -0.2) is 4.98 Å². The van der Waals surface area contributed by atoms with Crippen LogP contribution < -0.4 is 0 Å². The lowest BCUT2D eigenvalue weighted by Crippen LogP contribution is -2.52. The topological polar surface area (TPSA) is 38.1 Å². The van der Waals surface area contributed by atoms with Crippen molar-refractivity contribution in [3.05, 3.63) is 18.7 Å². The molecule has 0 spiro atoms. The molecule has 0 radical (unpaired) electrons. The predicted molar refractivity (Wildman–Crippen MR) is 77.0 cm³/mol. The molecule has 104 valence electrons. The third-order valence-electron chi connectivity index (χ3n) is 4.08. The van der Waals surface area contributed by atoms with E-state index in [-0.39, 0.29) is 0 Å². The van der Waals surface area contributed by atoms with E-state index in [0.29, 0.717) is 17.6 Å². The van der Waals surface area contributed by atoms with E-state index in [1.165, 1.54) is 25.7 Å². The van der Waals surface area contributed by atoms with E-state index < -0.39 is 0 Å². The molecule has 4 nitrogen and oxygen atoms in total. The number of rotatable bonds is 5. The first kappa shape index (κ1) is 13.0. The molecule has 1 saturated heterocycles. The maximum absolute atomic E-state index is 12.0. The van der Waals surface area contributed by atoms with Gasteiger partial charge in [-0.2, -0.15) is 0 Å². The molecule has 1 aliphatic heterocycles. The molecular weight excluding hydrogens is 258 g/mol. The monoisotopic (exact) mass is 279 g/mol. The summed E-state index contributed by atoms with van der Waals surface area (Å²) in [6.45, 7) is 2.82. The normalized spacial score (nSPS) is 20.7. The largest absolute Gasteiger partial charge is 0.341 e. The standard InChI is InChI=1S/C14H21N3OS/c18-14(10-19-13-3-1-2-4-13)17-8-12(9-17)7-16-6-5-15-11-16/h5-6,11-13H,1-4,7-10H2. The van der Waals surface area contributed by atoms with Gasteiger partial charge in [-0.05, 0) is 12.8 Å². The number of thioether (sulfide) groups is 1. The molecule has 2 aliphatic rings. The Bertz CT molecular complexity index is 408. The third-order valence-corrected chi connectivity index (χ3v) is 5.44. The molecular formula is C14H21N3OS. The van der Waals surface area contributed by atoms with Crippen molar-refractivity contribution in [2.24, 2.45) is 5.92 Å². The van der Waals surface area contributed by atoms with E-state index in [0.717, 1.165) is 24.9 Å². The van der Waals surface area contributed by atoms with Crippen LogP contribution in [0.4, 0.5) is 0 Å². The lowest BCUT2D eigenvalue weighted by molar-refractivity contribution is -0.134. The number of amides is 1. The maximum atomic E-state index is 12.0. The molecule has 0 aromatic carbocycles. The minimum absolute atomic E-state index is 0.332. The van der Waals surface area contributed by atoms with Crippen LogP contribution in [0.3, 0.4) is 0 Å². The van der Waals surface area contributed by atoms with Crippen molar-refractivity contribution < 1.29 is 4.79 Å². The fraction of sp³-hybridized carbons (Fsp3) is 0.714. The molecule has 0 N–H and O–H groups in total. The zero-order valence-corrected chi connectivity index (χ0v) is 12.0. The van der Waals surface area contributed by atoms with Gasteiger partial charge in [0.2, 0.25) is 5.91 Å². The highest BCUT2D eigenvalue weighted by Crippen LogP contribution is 2.30. The Kier molecular flexibility index (Phi) is 4.11. The van der Waals surface area contributed by atoms with Crippen LogP contribution in [0.2, 0.25) is 0 Å². The Morgan fingerprint density at radius 3 is 2.79 bits per heavy atom. The summed E-state index contributed by atoms with van der Waals surface area (Å²) in [5.41, 5.74) is 0. The number of imidazole rings is 1. The Balaban J connectivity index is 1.34. The molecule has 3 rings (SSSR count). The van der Waals surface area contributed by atoms with E-state index in [2.05, 4.69) is 9.55 Å². The van der Waals surface area contributed by atoms with Crippen molar-refractivity contribution in [1.82, 2.24) is 14.5 Å². The van der Waals surface area contributed by atoms with Crippen molar-refractivity contribution in [3.8, 4) is 0 Å². The number of likely N-dealkylation sites (tertiary alicyclic amines) is 1. The zero-order valence-electron chi connectivity index (χ0n) is 11.2. The average molecular weight is 279 g/mol. The smallest absolute Gasteiger partial charge is 0.232 e. The molecule has 0 atom stereocenters. The number of hydrogen-bond donors (Lipinski definition) is 0. The van der Waals surface area contributed by atoms with Gasteiger partial charge < -0.3 is 9.47 Å². The van der Waals surface area contributed by atoms with Gasteiger partial charge in [-0.15, -0.1) is 11.8 Å². The highest BCUT2D eigenvalue weighted by Gasteiger charge is 2.30. The first-order chi connectivity index (χ1) is 9.31. The van der Waals surface area contributed by atoms with Gasteiger partial charge >= 0.3 is 0 Å². The van der Waals surface area contributed by atoms with Gasteiger partial charge in [0.25, 0.3) is 0 Å². The fourth-order valence-corrected chi connectivity index (χ4v) is 4.14. The summed E-state index contributed by atoms with van der Waals surface area (Å²) < 4.78 is 2.10. The van der Waals surface area contributed by atoms with Crippen LogP contribution in [-0.4, -0.2) is 44.5 Å². The first-order valence-electron chi connectivity index (χ1n) is 7.16. The molecule has 1 saturated carbocycles. The lowest BCUT2D eigenvalue weighted by atomic mass is 10.0. The van der Waals surface area contributed by atoms with Crippen molar-refractivity contribution in [2.45, 2.75) is 37.5 Å². The Hall–Kier alpha value is -0.970. The van der Waals surface area contributed by atoms with Crippen LogP contribution >= 0.6 is 11.8 Å². The molecule has 1 amide bonds. The van der Waals surface area contributed by atoms with Crippen LogP contribution in [0, 0.1) is 5.92 Å². The van der Waals surface area contributed by atoms with Gasteiger partial charge in [0.05, 0.1) is 12.1 Å². The minimum Gasteiger partial charge on any atom is -0.341 e. The second-order valence-electron chi connectivity index (χ2n) is 5.64. The van der Waals surface area contributed by atoms with Crippen molar-refractivity contribution in [1.29, 1.82) is 0 Å². The SMILES string of the molecule is O=C(CSC1CCCC1)N1CC(Cn2ccnc2)C1. The van der Waals surface area contributed by atoms with Crippen molar-refractivity contribution >= 4 is 17.7 Å². The van der Waals surface area contributed by atoms with Crippen molar-refractivity contribution in [2.75, 3.05) is 18.8 Å². The summed E-state index contributed by atoms with van der Waals surface area (Å²) in [7, 11) is 0. The fourth-order valence-electron chi connectivity index (χ4n) is 2.92. The van der Waals surface area contributed by atoms with Gasteiger partial charge in [0.1, 0.15) is 0 Å². The summed E-state index contributed by atoms with van der Waals surface area (Å²) in [5, 5.41) is 0.743. The second-order valence-corrected chi connectivity index (χ2v) is 6.93. The minimum atomic E-state index is 0.332. The quantitative estimate of drug-likeness (QED) is 0.827. The van der Waals surface area contributed by atoms with Gasteiger partial charge in [-0.1, -0.05) is 12.8 Å². The van der Waals surface area contributed by atoms with Gasteiger partial charge in [0.15, 0.2) is 0 Å². The van der Waals surface area contributed by atoms with E-state index in [1.54, 1.807) is 6.20 Å². The summed E-state index contributed by atoms with van der Waals surface area (Å²) in [4.78, 5) is 18.1. The lowest BCUT2D eigenvalue weighted by Gasteiger charge is -2.39. The molecule has 1 aromatic heterocycles. The van der Waals surface area contributed by atoms with Crippen LogP contribution in [0.25, 0.3) is 0 Å². The van der Waals surface area contributed by atoms with Crippen LogP contribution in [-0.2, 0) is 11.3 Å². The van der Waals surface area contributed by atoms with Crippen molar-refractivity contribution in [3.63, 3.8) is 0 Å². The summed E-state index contributed by atoms with van der Waals surface area (Å²) >= 11 is 1.87. The Morgan fingerprint density at radius 1 is 1.32 bits per heavy atom. The number of carbonyl (C=O) groups is 1. The van der Waals surface area contributed by atoms with E-state index in [4.69, 9.17) is 0 Å². The van der Waals surface area contributed by atoms with Gasteiger partial charge in [-0.3, -0.25) is 4.79 Å². The molecule has 5 heteroatoms. The first-order valence-corrected chi connectivity index (χ1v) is 8.21. The molecule has 1 aromatic rings. The Morgan fingerprint density at radius 2 is 2.11 bits per heavy atom. The molecule has 19 heavy (non-hydrogen) atoms. The second kappa shape index (κ2) is 5.99. The average Bonchev–Trinajstić information content (AvgIpc) is 3.03. The van der Waals surface area contributed by atoms with Crippen LogP contribution in [0.5, 0.6) is 0 Å². The number of nitrogens with zero attached hydrogens (tertiary/aromatic N) is 3. The summed E-state index contributed by atoms with van der Waals surface area (Å²) in [6, 6.07) is 0. The predicted octanol–water partition coefficient (Wildman–Crippen LogP) is 2.02. The molecule has 1 aliphatic carbocycles. The van der Waals surface area contributed by atoms with E-state index in [1.807, 2.05) is 29.2 Å². The Labute approximate surface area is 118 Å². The number of aromatic nitrogens is 2. The van der Waals surface area contributed by atoms with Gasteiger partial charge in [0, 0.05) is 43.2 Å². The highest BCUT2D eigenvalue weighted by atomic mass is 32.2. The van der Waals surface area contributed by atoms with E-state index in [9.17, 15) is 4.79 Å². The third kappa shape index (κ3) is 3.32. The number of hydrogen-bond acceptors (Lipinski definition) is 3. The molecule has 0 unspecified atom stereocenters. The molecule has 2 heterocycles. The van der Waals surface area contributed by atoms with Crippen LogP contribution in [0.1, 0.15) is 25.7 Å². The number of carbonyl (C=O) groups excluding carboxylic acids is 1. The van der Waals surface area contributed by atoms with E-state index >= 15 is 0 Å². The molecule has 0 bridgehead atoms. The summed E-state index contributed by atoms with van der Waals surface area (Å²) in [5.74, 6) is 1.62. The molecule has 2 fully saturated rings. The van der Waals surface area contributed by atoms with Crippen LogP contribution in [0.15, 0.2) is 18.7 Å². The zero-order chi connectivity index (χ0) is 13.1.